The number of hydrogen-bond acceptors (Lipinski definition) is 2. The van der Waals surface area contributed by atoms with E-state index in [-0.39, 0.29) is 0 Å². The maximum absolute atomic E-state index is 6.10. The van der Waals surface area contributed by atoms with Gasteiger partial charge >= 0.3 is 0 Å². The van der Waals surface area contributed by atoms with Crippen LogP contribution in [0, 0.1) is 6.92 Å². The molecule has 0 spiro atoms. The molecule has 0 radical (unpaired) electrons. The number of aromatic nitrogens is 4. The van der Waals surface area contributed by atoms with Crippen molar-refractivity contribution in [1.29, 1.82) is 0 Å². The van der Waals surface area contributed by atoms with Crippen molar-refractivity contribution >= 4 is 11.6 Å². The van der Waals surface area contributed by atoms with Crippen molar-refractivity contribution in [2.45, 2.75) is 13.5 Å². The van der Waals surface area contributed by atoms with Crippen LogP contribution in [0.1, 0.15) is 11.3 Å². The summed E-state index contributed by atoms with van der Waals surface area (Å²) in [4.78, 5) is 3.98. The largest absolute Gasteiger partial charge is 0.333 e. The average molecular weight is 211 g/mol. The molecule has 0 aliphatic carbocycles. The van der Waals surface area contributed by atoms with Crippen molar-refractivity contribution < 1.29 is 0 Å². The van der Waals surface area contributed by atoms with E-state index in [1.54, 1.807) is 17.2 Å². The van der Waals surface area contributed by atoms with Crippen molar-refractivity contribution in [3.63, 3.8) is 0 Å². The number of aryl methyl sites for hydroxylation is 2. The SMILES string of the molecule is Cc1nn(C)c(Cl)c1Cn1ccnc1. The maximum atomic E-state index is 6.10. The molecule has 0 fully saturated rings. The fourth-order valence-corrected chi connectivity index (χ4v) is 1.65. The molecule has 2 aromatic rings. The van der Waals surface area contributed by atoms with Crippen LogP contribution >= 0.6 is 11.6 Å². The first-order valence-corrected chi connectivity index (χ1v) is 4.70. The molecule has 74 valence electrons. The van der Waals surface area contributed by atoms with Crippen LogP contribution in [0.4, 0.5) is 0 Å². The van der Waals surface area contributed by atoms with Crippen LogP contribution in [0.2, 0.25) is 5.15 Å². The highest BCUT2D eigenvalue weighted by molar-refractivity contribution is 6.30. The van der Waals surface area contributed by atoms with Gasteiger partial charge in [0.1, 0.15) is 5.15 Å². The molecule has 4 nitrogen and oxygen atoms in total. The summed E-state index contributed by atoms with van der Waals surface area (Å²) in [5, 5.41) is 4.93. The summed E-state index contributed by atoms with van der Waals surface area (Å²) in [5.41, 5.74) is 2.01. The zero-order chi connectivity index (χ0) is 10.1. The van der Waals surface area contributed by atoms with E-state index in [0.29, 0.717) is 5.15 Å². The van der Waals surface area contributed by atoms with Crippen LogP contribution in [0.25, 0.3) is 0 Å². The summed E-state index contributed by atoms with van der Waals surface area (Å²) in [6.45, 7) is 2.68. The molecule has 0 amide bonds. The van der Waals surface area contributed by atoms with Crippen LogP contribution in [-0.4, -0.2) is 19.3 Å². The minimum Gasteiger partial charge on any atom is -0.333 e. The molecular formula is C9H11ClN4. The summed E-state index contributed by atoms with van der Waals surface area (Å²) >= 11 is 6.10. The van der Waals surface area contributed by atoms with Gasteiger partial charge in [-0.25, -0.2) is 4.98 Å². The Balaban J connectivity index is 2.33. The average Bonchev–Trinajstić information content (AvgIpc) is 2.71. The zero-order valence-corrected chi connectivity index (χ0v) is 8.86. The molecule has 0 atom stereocenters. The molecule has 0 saturated carbocycles. The van der Waals surface area contributed by atoms with Gasteiger partial charge in [-0.15, -0.1) is 0 Å². The highest BCUT2D eigenvalue weighted by Gasteiger charge is 2.10. The molecule has 14 heavy (non-hydrogen) atoms. The van der Waals surface area contributed by atoms with Gasteiger partial charge in [-0.05, 0) is 6.92 Å². The third-order valence-corrected chi connectivity index (χ3v) is 2.64. The van der Waals surface area contributed by atoms with Gasteiger partial charge in [-0.2, -0.15) is 5.10 Å². The fraction of sp³-hybridized carbons (Fsp3) is 0.333. The Labute approximate surface area is 87.1 Å². The Morgan fingerprint density at radius 3 is 2.79 bits per heavy atom. The van der Waals surface area contributed by atoms with E-state index in [4.69, 9.17) is 11.6 Å². The summed E-state index contributed by atoms with van der Waals surface area (Å²) < 4.78 is 3.65. The van der Waals surface area contributed by atoms with E-state index in [2.05, 4.69) is 10.1 Å². The van der Waals surface area contributed by atoms with Crippen molar-refractivity contribution in [3.05, 3.63) is 35.1 Å². The van der Waals surface area contributed by atoms with Gasteiger partial charge in [0.05, 0.1) is 18.6 Å². The Morgan fingerprint density at radius 1 is 1.50 bits per heavy atom. The molecule has 0 N–H and O–H groups in total. The Morgan fingerprint density at radius 2 is 2.29 bits per heavy atom. The normalized spacial score (nSPS) is 10.8. The maximum Gasteiger partial charge on any atom is 0.131 e. The first kappa shape index (κ1) is 9.27. The standard InChI is InChI=1S/C9H11ClN4/c1-7-8(9(10)13(2)12-7)5-14-4-3-11-6-14/h3-4,6H,5H2,1-2H3. The molecule has 2 rings (SSSR count). The summed E-state index contributed by atoms with van der Waals surface area (Å²) in [6.07, 6.45) is 5.42. The minimum absolute atomic E-state index is 0.691. The van der Waals surface area contributed by atoms with E-state index >= 15 is 0 Å². The summed E-state index contributed by atoms with van der Waals surface area (Å²) in [5.74, 6) is 0. The number of halogens is 1. The molecule has 0 unspecified atom stereocenters. The lowest BCUT2D eigenvalue weighted by atomic mass is 10.2. The third-order valence-electron chi connectivity index (χ3n) is 2.17. The lowest BCUT2D eigenvalue weighted by Gasteiger charge is -2.01. The fourth-order valence-electron chi connectivity index (χ4n) is 1.42. The smallest absolute Gasteiger partial charge is 0.131 e. The van der Waals surface area contributed by atoms with Gasteiger partial charge < -0.3 is 4.57 Å². The monoisotopic (exact) mass is 210 g/mol. The Bertz CT molecular complexity index is 430. The van der Waals surface area contributed by atoms with Crippen LogP contribution in [0.5, 0.6) is 0 Å². The molecule has 2 heterocycles. The third kappa shape index (κ3) is 1.53. The number of nitrogens with zero attached hydrogens (tertiary/aromatic N) is 4. The molecule has 0 aliphatic heterocycles. The van der Waals surface area contributed by atoms with E-state index in [0.717, 1.165) is 17.8 Å². The first-order chi connectivity index (χ1) is 6.68. The van der Waals surface area contributed by atoms with Crippen LogP contribution in [0.3, 0.4) is 0 Å². The summed E-state index contributed by atoms with van der Waals surface area (Å²) in [6, 6.07) is 0. The quantitative estimate of drug-likeness (QED) is 0.755. The van der Waals surface area contributed by atoms with Gasteiger partial charge in [0, 0.05) is 25.0 Å². The van der Waals surface area contributed by atoms with Crippen LogP contribution in [-0.2, 0) is 13.6 Å². The number of rotatable bonds is 2. The van der Waals surface area contributed by atoms with E-state index in [1.165, 1.54) is 0 Å². The Hall–Kier alpha value is -1.29. The molecule has 2 aromatic heterocycles. The van der Waals surface area contributed by atoms with Gasteiger partial charge in [0.2, 0.25) is 0 Å². The van der Waals surface area contributed by atoms with Crippen molar-refractivity contribution in [2.75, 3.05) is 0 Å². The second-order valence-corrected chi connectivity index (χ2v) is 3.57. The predicted octanol–water partition coefficient (Wildman–Crippen LogP) is 1.63. The van der Waals surface area contributed by atoms with Gasteiger partial charge in [-0.1, -0.05) is 11.6 Å². The van der Waals surface area contributed by atoms with E-state index in [9.17, 15) is 0 Å². The second kappa shape index (κ2) is 3.46. The molecule has 0 saturated heterocycles. The van der Waals surface area contributed by atoms with E-state index in [1.807, 2.05) is 24.7 Å². The highest BCUT2D eigenvalue weighted by Crippen LogP contribution is 2.19. The molecular weight excluding hydrogens is 200 g/mol. The van der Waals surface area contributed by atoms with E-state index < -0.39 is 0 Å². The number of hydrogen-bond donors (Lipinski definition) is 0. The second-order valence-electron chi connectivity index (χ2n) is 3.21. The first-order valence-electron chi connectivity index (χ1n) is 4.32. The topological polar surface area (TPSA) is 35.6 Å². The molecule has 0 bridgehead atoms. The van der Waals surface area contributed by atoms with Crippen LogP contribution < -0.4 is 0 Å². The highest BCUT2D eigenvalue weighted by atomic mass is 35.5. The van der Waals surface area contributed by atoms with Crippen molar-refractivity contribution in [2.24, 2.45) is 7.05 Å². The Kier molecular flexibility index (Phi) is 2.29. The van der Waals surface area contributed by atoms with Crippen molar-refractivity contribution in [3.8, 4) is 0 Å². The predicted molar refractivity (Wildman–Crippen MR) is 54.3 cm³/mol. The lowest BCUT2D eigenvalue weighted by Crippen LogP contribution is -1.97. The van der Waals surface area contributed by atoms with Gasteiger partial charge in [-0.3, -0.25) is 4.68 Å². The molecule has 5 heteroatoms. The molecule has 0 aromatic carbocycles. The summed E-state index contributed by atoms with van der Waals surface area (Å²) in [7, 11) is 1.84. The lowest BCUT2D eigenvalue weighted by molar-refractivity contribution is 0.756. The van der Waals surface area contributed by atoms with Crippen molar-refractivity contribution in [1.82, 2.24) is 19.3 Å². The van der Waals surface area contributed by atoms with Crippen LogP contribution in [0.15, 0.2) is 18.7 Å². The molecule has 0 aliphatic rings. The zero-order valence-electron chi connectivity index (χ0n) is 8.11. The minimum atomic E-state index is 0.691. The van der Waals surface area contributed by atoms with Gasteiger partial charge in [0.15, 0.2) is 0 Å². The van der Waals surface area contributed by atoms with Gasteiger partial charge in [0.25, 0.3) is 0 Å². The number of imidazole rings is 1.